The van der Waals surface area contributed by atoms with Crippen LogP contribution in [-0.2, 0) is 6.42 Å². The average Bonchev–Trinajstić information content (AvgIpc) is 2.42. The van der Waals surface area contributed by atoms with E-state index in [0.29, 0.717) is 0 Å². The van der Waals surface area contributed by atoms with Gasteiger partial charge in [-0.1, -0.05) is 11.6 Å². The van der Waals surface area contributed by atoms with Crippen LogP contribution in [0.2, 0.25) is 0 Å². The molecule has 2 rings (SSSR count). The number of benzene rings is 1. The topological polar surface area (TPSA) is 9.23 Å². The van der Waals surface area contributed by atoms with Gasteiger partial charge in [0.2, 0.25) is 0 Å². The molecular formula is C20H30O. The predicted molar refractivity (Wildman–Crippen MR) is 91.4 cm³/mol. The van der Waals surface area contributed by atoms with Crippen molar-refractivity contribution in [3.8, 4) is 5.75 Å². The molecule has 1 atom stereocenters. The molecule has 1 nitrogen and oxygen atoms in total. The minimum atomic E-state index is -0.0160. The number of rotatable bonds is 3. The standard InChI is InChI=1S/C20H30O/c1-13(2)9-8-11-20(7)12-10-18-16(5)14(3)15(4)17(6)19(18)21-20/h9H,8,10-12H2,1-7H3/t20-/m1/s1. The summed E-state index contributed by atoms with van der Waals surface area (Å²) < 4.78 is 6.52. The second kappa shape index (κ2) is 5.87. The monoisotopic (exact) mass is 286 g/mol. The van der Waals surface area contributed by atoms with Gasteiger partial charge in [0.1, 0.15) is 11.4 Å². The third kappa shape index (κ3) is 3.17. The van der Waals surface area contributed by atoms with E-state index in [4.69, 9.17) is 4.74 Å². The maximum Gasteiger partial charge on any atom is 0.126 e. The van der Waals surface area contributed by atoms with Gasteiger partial charge in [0.05, 0.1) is 0 Å². The Bertz CT molecular complexity index is 576. The van der Waals surface area contributed by atoms with Crippen LogP contribution in [0.15, 0.2) is 11.6 Å². The maximum absolute atomic E-state index is 6.52. The molecule has 0 spiro atoms. The van der Waals surface area contributed by atoms with E-state index in [1.165, 1.54) is 39.1 Å². The molecule has 0 amide bonds. The van der Waals surface area contributed by atoms with Gasteiger partial charge in [0.25, 0.3) is 0 Å². The largest absolute Gasteiger partial charge is 0.487 e. The smallest absolute Gasteiger partial charge is 0.126 e. The molecule has 0 fully saturated rings. The quantitative estimate of drug-likeness (QED) is 0.643. The molecule has 1 aromatic carbocycles. The van der Waals surface area contributed by atoms with E-state index in [1.54, 1.807) is 0 Å². The lowest BCUT2D eigenvalue weighted by Crippen LogP contribution is -2.37. The Morgan fingerprint density at radius 1 is 1.05 bits per heavy atom. The van der Waals surface area contributed by atoms with Gasteiger partial charge in [-0.25, -0.2) is 0 Å². The Balaban J connectivity index is 2.30. The minimum absolute atomic E-state index is 0.0160. The van der Waals surface area contributed by atoms with Gasteiger partial charge in [-0.2, -0.15) is 0 Å². The van der Waals surface area contributed by atoms with E-state index in [-0.39, 0.29) is 5.60 Å². The number of allylic oxidation sites excluding steroid dienone is 2. The van der Waals surface area contributed by atoms with E-state index in [0.717, 1.165) is 25.7 Å². The van der Waals surface area contributed by atoms with Gasteiger partial charge >= 0.3 is 0 Å². The average molecular weight is 286 g/mol. The molecule has 0 radical (unpaired) electrons. The number of ether oxygens (including phenoxy) is 1. The van der Waals surface area contributed by atoms with Crippen molar-refractivity contribution in [3.63, 3.8) is 0 Å². The minimum Gasteiger partial charge on any atom is -0.487 e. The van der Waals surface area contributed by atoms with Crippen molar-refractivity contribution in [1.82, 2.24) is 0 Å². The van der Waals surface area contributed by atoms with Crippen LogP contribution < -0.4 is 4.74 Å². The molecule has 116 valence electrons. The van der Waals surface area contributed by atoms with E-state index in [2.05, 4.69) is 54.5 Å². The first-order valence-electron chi connectivity index (χ1n) is 8.17. The van der Waals surface area contributed by atoms with Gasteiger partial charge in [-0.15, -0.1) is 0 Å². The first-order valence-corrected chi connectivity index (χ1v) is 8.17. The number of fused-ring (bicyclic) bond motifs is 1. The Morgan fingerprint density at radius 3 is 2.29 bits per heavy atom. The Morgan fingerprint density at radius 2 is 1.67 bits per heavy atom. The third-order valence-corrected chi connectivity index (χ3v) is 5.23. The second-order valence-electron chi connectivity index (χ2n) is 7.18. The van der Waals surface area contributed by atoms with E-state index in [9.17, 15) is 0 Å². The van der Waals surface area contributed by atoms with Crippen molar-refractivity contribution in [2.75, 3.05) is 0 Å². The maximum atomic E-state index is 6.52. The number of hydrogen-bond donors (Lipinski definition) is 0. The van der Waals surface area contributed by atoms with Crippen molar-refractivity contribution in [2.45, 2.75) is 79.8 Å². The van der Waals surface area contributed by atoms with E-state index in [1.807, 2.05) is 0 Å². The molecule has 21 heavy (non-hydrogen) atoms. The van der Waals surface area contributed by atoms with Crippen LogP contribution in [0, 0.1) is 27.7 Å². The fourth-order valence-electron chi connectivity index (χ4n) is 3.32. The third-order valence-electron chi connectivity index (χ3n) is 5.23. The summed E-state index contributed by atoms with van der Waals surface area (Å²) in [5, 5.41) is 0. The van der Waals surface area contributed by atoms with Gasteiger partial charge in [0, 0.05) is 0 Å². The lowest BCUT2D eigenvalue weighted by molar-refractivity contribution is 0.0560. The lowest BCUT2D eigenvalue weighted by Gasteiger charge is -2.38. The van der Waals surface area contributed by atoms with Crippen molar-refractivity contribution >= 4 is 0 Å². The van der Waals surface area contributed by atoms with Crippen LogP contribution >= 0.6 is 0 Å². The predicted octanol–water partition coefficient (Wildman–Crippen LogP) is 5.75. The number of hydrogen-bond acceptors (Lipinski definition) is 1. The lowest BCUT2D eigenvalue weighted by atomic mass is 9.83. The van der Waals surface area contributed by atoms with Gasteiger partial charge < -0.3 is 4.74 Å². The molecule has 0 saturated heterocycles. The molecular weight excluding hydrogens is 256 g/mol. The highest BCUT2D eigenvalue weighted by Gasteiger charge is 2.33. The zero-order valence-corrected chi connectivity index (χ0v) is 14.8. The summed E-state index contributed by atoms with van der Waals surface area (Å²) in [6.45, 7) is 15.5. The van der Waals surface area contributed by atoms with Crippen LogP contribution in [0.25, 0.3) is 0 Å². The summed E-state index contributed by atoms with van der Waals surface area (Å²) in [4.78, 5) is 0. The molecule has 1 aliphatic rings. The van der Waals surface area contributed by atoms with E-state index >= 15 is 0 Å². The van der Waals surface area contributed by atoms with Crippen molar-refractivity contribution in [2.24, 2.45) is 0 Å². The van der Waals surface area contributed by atoms with E-state index < -0.39 is 0 Å². The highest BCUT2D eigenvalue weighted by molar-refractivity contribution is 5.55. The molecule has 0 aromatic heterocycles. The van der Waals surface area contributed by atoms with Crippen LogP contribution in [-0.4, -0.2) is 5.60 Å². The zero-order valence-electron chi connectivity index (χ0n) is 14.8. The van der Waals surface area contributed by atoms with Crippen LogP contribution in [0.3, 0.4) is 0 Å². The molecule has 1 heteroatoms. The van der Waals surface area contributed by atoms with Crippen LogP contribution in [0.1, 0.15) is 67.9 Å². The molecule has 0 unspecified atom stereocenters. The van der Waals surface area contributed by atoms with Crippen LogP contribution in [0.5, 0.6) is 5.75 Å². The highest BCUT2D eigenvalue weighted by atomic mass is 16.5. The molecule has 0 aliphatic carbocycles. The Labute approximate surface area is 130 Å². The summed E-state index contributed by atoms with van der Waals surface area (Å²) in [6, 6.07) is 0. The molecule has 1 heterocycles. The fourth-order valence-corrected chi connectivity index (χ4v) is 3.32. The first kappa shape index (κ1) is 16.1. The normalized spacial score (nSPS) is 20.7. The zero-order chi connectivity index (χ0) is 15.8. The summed E-state index contributed by atoms with van der Waals surface area (Å²) in [5.41, 5.74) is 8.41. The van der Waals surface area contributed by atoms with Crippen molar-refractivity contribution < 1.29 is 4.74 Å². The summed E-state index contributed by atoms with van der Waals surface area (Å²) in [7, 11) is 0. The van der Waals surface area contributed by atoms with Gasteiger partial charge in [-0.05, 0) is 102 Å². The van der Waals surface area contributed by atoms with Gasteiger partial charge in [0.15, 0.2) is 0 Å². The first-order chi connectivity index (χ1) is 9.75. The fraction of sp³-hybridized carbons (Fsp3) is 0.600. The highest BCUT2D eigenvalue weighted by Crippen LogP contribution is 2.42. The Kier molecular flexibility index (Phi) is 4.51. The second-order valence-corrected chi connectivity index (χ2v) is 7.18. The van der Waals surface area contributed by atoms with Gasteiger partial charge in [-0.3, -0.25) is 0 Å². The molecule has 1 aliphatic heterocycles. The molecule has 0 saturated carbocycles. The summed E-state index contributed by atoms with van der Waals surface area (Å²) >= 11 is 0. The summed E-state index contributed by atoms with van der Waals surface area (Å²) in [6.07, 6.45) is 6.80. The molecule has 0 bridgehead atoms. The Hall–Kier alpha value is -1.24. The molecule has 0 N–H and O–H groups in total. The van der Waals surface area contributed by atoms with Crippen molar-refractivity contribution in [3.05, 3.63) is 39.5 Å². The van der Waals surface area contributed by atoms with Crippen LogP contribution in [0.4, 0.5) is 0 Å². The summed E-state index contributed by atoms with van der Waals surface area (Å²) in [5.74, 6) is 1.17. The van der Waals surface area contributed by atoms with Crippen molar-refractivity contribution in [1.29, 1.82) is 0 Å². The molecule has 1 aromatic rings. The SMILES string of the molecule is CC(C)=CCC[C@]1(C)CCc2c(C)c(C)c(C)c(C)c2O1.